The monoisotopic (exact) mass is 689 g/mol. The third kappa shape index (κ3) is 4.76. The van der Waals surface area contributed by atoms with Crippen molar-refractivity contribution in [1.82, 2.24) is 24.1 Å². The highest BCUT2D eigenvalue weighted by Crippen LogP contribution is 2.45. The number of rotatable bonds is 6. The van der Waals surface area contributed by atoms with Gasteiger partial charge < -0.3 is 9.13 Å². The van der Waals surface area contributed by atoms with E-state index < -0.39 is 0 Å². The molecule has 11 aromatic rings. The third-order valence-electron chi connectivity index (χ3n) is 10.5. The molecular weight excluding hydrogens is 659 g/mol. The van der Waals surface area contributed by atoms with Crippen molar-refractivity contribution >= 4 is 43.5 Å². The van der Waals surface area contributed by atoms with Gasteiger partial charge in [0.1, 0.15) is 0 Å². The number of aromatic nitrogens is 5. The molecule has 0 aliphatic rings. The highest BCUT2D eigenvalue weighted by molar-refractivity contribution is 6.34. The molecule has 0 atom stereocenters. The number of hydrogen-bond donors (Lipinski definition) is 0. The van der Waals surface area contributed by atoms with E-state index in [1.165, 1.54) is 32.4 Å². The SMILES string of the molecule is c1ccc(-c2cc(-c3nc(-c4ccccc4)nc(-c4ccccc4)n3)cc(-n3c4cccc5c6ccn(-c7ccccc7)c6c6cccc3c6c54)c2)cc1. The van der Waals surface area contributed by atoms with Crippen LogP contribution >= 0.6 is 0 Å². The zero-order valence-corrected chi connectivity index (χ0v) is 29.1. The first kappa shape index (κ1) is 30.3. The van der Waals surface area contributed by atoms with Gasteiger partial charge in [-0.1, -0.05) is 133 Å². The van der Waals surface area contributed by atoms with Crippen molar-refractivity contribution in [3.05, 3.63) is 188 Å². The van der Waals surface area contributed by atoms with Crippen LogP contribution in [0.15, 0.2) is 188 Å². The van der Waals surface area contributed by atoms with Crippen LogP contribution in [-0.4, -0.2) is 24.1 Å². The second-order valence-corrected chi connectivity index (χ2v) is 13.7. The quantitative estimate of drug-likeness (QED) is 0.163. The Morgan fingerprint density at radius 2 is 0.833 bits per heavy atom. The van der Waals surface area contributed by atoms with E-state index in [1.54, 1.807) is 0 Å². The molecule has 0 aliphatic heterocycles. The Hall–Kier alpha value is -7.37. The fourth-order valence-electron chi connectivity index (χ4n) is 8.14. The van der Waals surface area contributed by atoms with Gasteiger partial charge >= 0.3 is 0 Å². The second kappa shape index (κ2) is 12.1. The summed E-state index contributed by atoms with van der Waals surface area (Å²) in [6.07, 6.45) is 2.20. The molecule has 252 valence electrons. The van der Waals surface area contributed by atoms with Gasteiger partial charge in [-0.25, -0.2) is 15.0 Å². The Balaban J connectivity index is 1.21. The van der Waals surface area contributed by atoms with Crippen LogP contribution < -0.4 is 0 Å². The molecule has 11 rings (SSSR count). The minimum absolute atomic E-state index is 0.623. The molecule has 0 spiro atoms. The van der Waals surface area contributed by atoms with Crippen molar-refractivity contribution in [2.24, 2.45) is 0 Å². The minimum Gasteiger partial charge on any atom is -0.316 e. The van der Waals surface area contributed by atoms with Crippen LogP contribution in [0.25, 0.3) is 100 Å². The molecule has 3 heterocycles. The highest BCUT2D eigenvalue weighted by atomic mass is 15.0. The topological polar surface area (TPSA) is 48.5 Å². The predicted octanol–water partition coefficient (Wildman–Crippen LogP) is 12.2. The summed E-state index contributed by atoms with van der Waals surface area (Å²) in [5.41, 5.74) is 10.7. The number of para-hydroxylation sites is 1. The first-order valence-corrected chi connectivity index (χ1v) is 18.2. The summed E-state index contributed by atoms with van der Waals surface area (Å²) >= 11 is 0. The van der Waals surface area contributed by atoms with Crippen LogP contribution in [0.2, 0.25) is 0 Å². The van der Waals surface area contributed by atoms with Crippen LogP contribution in [0.4, 0.5) is 0 Å². The maximum Gasteiger partial charge on any atom is 0.164 e. The standard InChI is InChI=1S/C49H31N5/c1-5-15-32(16-6-1)35-29-36(49-51-47(33-17-7-2-8-18-33)50-48(52-49)34-19-9-3-10-20-34)31-38(30-35)54-42-25-13-23-39-40-27-28-53(37-21-11-4-12-22-37)46(40)41-24-14-26-43(54)45(41)44(39)42/h1-31H. The van der Waals surface area contributed by atoms with Gasteiger partial charge in [0.05, 0.1) is 16.6 Å². The summed E-state index contributed by atoms with van der Waals surface area (Å²) in [7, 11) is 0. The van der Waals surface area contributed by atoms with Gasteiger partial charge in [-0.05, 0) is 65.0 Å². The maximum atomic E-state index is 5.14. The Kier molecular flexibility index (Phi) is 6.79. The van der Waals surface area contributed by atoms with Crippen LogP contribution in [0, 0.1) is 0 Å². The Morgan fingerprint density at radius 1 is 0.333 bits per heavy atom. The molecule has 0 amide bonds. The fourth-order valence-corrected chi connectivity index (χ4v) is 8.14. The van der Waals surface area contributed by atoms with Crippen molar-refractivity contribution in [1.29, 1.82) is 0 Å². The van der Waals surface area contributed by atoms with Crippen molar-refractivity contribution in [2.45, 2.75) is 0 Å². The lowest BCUT2D eigenvalue weighted by Gasteiger charge is -2.14. The van der Waals surface area contributed by atoms with Crippen molar-refractivity contribution < 1.29 is 0 Å². The second-order valence-electron chi connectivity index (χ2n) is 13.7. The van der Waals surface area contributed by atoms with Crippen molar-refractivity contribution in [2.75, 3.05) is 0 Å². The van der Waals surface area contributed by atoms with Crippen molar-refractivity contribution in [3.63, 3.8) is 0 Å². The lowest BCUT2D eigenvalue weighted by atomic mass is 9.98. The Bertz CT molecular complexity index is 3070. The average molecular weight is 690 g/mol. The van der Waals surface area contributed by atoms with Gasteiger partial charge in [0.25, 0.3) is 0 Å². The van der Waals surface area contributed by atoms with Gasteiger partial charge in [-0.2, -0.15) is 0 Å². The molecule has 0 saturated carbocycles. The largest absolute Gasteiger partial charge is 0.316 e. The third-order valence-corrected chi connectivity index (χ3v) is 10.5. The van der Waals surface area contributed by atoms with Gasteiger partial charge in [0, 0.05) is 55.8 Å². The van der Waals surface area contributed by atoms with Crippen LogP contribution in [0.5, 0.6) is 0 Å². The van der Waals surface area contributed by atoms with Crippen molar-refractivity contribution in [3.8, 4) is 56.7 Å². The molecule has 0 radical (unpaired) electrons. The van der Waals surface area contributed by atoms with E-state index in [2.05, 4.69) is 137 Å². The first-order chi connectivity index (χ1) is 26.8. The van der Waals surface area contributed by atoms with Crippen LogP contribution in [-0.2, 0) is 0 Å². The number of nitrogens with zero attached hydrogens (tertiary/aromatic N) is 5. The Morgan fingerprint density at radius 3 is 1.44 bits per heavy atom. The molecule has 8 aromatic carbocycles. The molecule has 0 aliphatic carbocycles. The molecule has 3 aromatic heterocycles. The Labute approximate surface area is 311 Å². The van der Waals surface area contributed by atoms with E-state index in [0.717, 1.165) is 50.2 Å². The molecule has 54 heavy (non-hydrogen) atoms. The predicted molar refractivity (Wildman–Crippen MR) is 221 cm³/mol. The van der Waals surface area contributed by atoms with Gasteiger partial charge in [-0.3, -0.25) is 0 Å². The lowest BCUT2D eigenvalue weighted by molar-refractivity contribution is 1.07. The van der Waals surface area contributed by atoms with E-state index in [-0.39, 0.29) is 0 Å². The highest BCUT2D eigenvalue weighted by Gasteiger charge is 2.23. The van der Waals surface area contributed by atoms with E-state index in [9.17, 15) is 0 Å². The van der Waals surface area contributed by atoms with E-state index in [4.69, 9.17) is 15.0 Å². The minimum atomic E-state index is 0.623. The molecule has 0 N–H and O–H groups in total. The summed E-state index contributed by atoms with van der Waals surface area (Å²) in [5.74, 6) is 1.90. The normalized spacial score (nSPS) is 11.7. The number of hydrogen-bond acceptors (Lipinski definition) is 3. The summed E-state index contributed by atoms with van der Waals surface area (Å²) in [5, 5.41) is 6.25. The average Bonchev–Trinajstić information content (AvgIpc) is 3.86. The molecule has 0 fully saturated rings. The summed E-state index contributed by atoms with van der Waals surface area (Å²) in [6.45, 7) is 0. The summed E-state index contributed by atoms with van der Waals surface area (Å²) in [4.78, 5) is 15.3. The van der Waals surface area contributed by atoms with Gasteiger partial charge in [0.2, 0.25) is 0 Å². The smallest absolute Gasteiger partial charge is 0.164 e. The van der Waals surface area contributed by atoms with Crippen LogP contribution in [0.1, 0.15) is 0 Å². The van der Waals surface area contributed by atoms with Gasteiger partial charge in [-0.15, -0.1) is 0 Å². The molecule has 0 unspecified atom stereocenters. The molecule has 5 nitrogen and oxygen atoms in total. The molecular formula is C49H31N5. The summed E-state index contributed by atoms with van der Waals surface area (Å²) in [6, 6.07) is 63.9. The molecule has 0 bridgehead atoms. The van der Waals surface area contributed by atoms with Gasteiger partial charge in [0.15, 0.2) is 17.5 Å². The lowest BCUT2D eigenvalue weighted by Crippen LogP contribution is -2.01. The number of fused-ring (bicyclic) bond motifs is 3. The first-order valence-electron chi connectivity index (χ1n) is 18.2. The van der Waals surface area contributed by atoms with E-state index >= 15 is 0 Å². The van der Waals surface area contributed by atoms with E-state index in [0.29, 0.717) is 17.5 Å². The molecule has 0 saturated heterocycles. The van der Waals surface area contributed by atoms with Crippen LogP contribution in [0.3, 0.4) is 0 Å². The number of benzene rings is 8. The summed E-state index contributed by atoms with van der Waals surface area (Å²) < 4.78 is 4.75. The zero-order valence-electron chi connectivity index (χ0n) is 29.1. The van der Waals surface area contributed by atoms with E-state index in [1.807, 2.05) is 60.7 Å². The zero-order chi connectivity index (χ0) is 35.6. The maximum absolute atomic E-state index is 5.14. The molecule has 5 heteroatoms. The fraction of sp³-hybridized carbons (Fsp3) is 0.